The van der Waals surface area contributed by atoms with Crippen LogP contribution in [0.4, 0.5) is 5.69 Å². The summed E-state index contributed by atoms with van der Waals surface area (Å²) >= 11 is 0. The number of hydrogen-bond acceptors (Lipinski definition) is 3. The molecule has 0 aliphatic rings. The number of nitrogens with zero attached hydrogens (tertiary/aromatic N) is 2. The fourth-order valence-corrected chi connectivity index (χ4v) is 1.67. The fraction of sp³-hybridized carbons (Fsp3) is 0.278. The zero-order chi connectivity index (χ0) is 17.8. The van der Waals surface area contributed by atoms with Crippen molar-refractivity contribution in [2.75, 3.05) is 0 Å². The summed E-state index contributed by atoms with van der Waals surface area (Å²) in [5.74, 6) is 1.29. The Labute approximate surface area is 138 Å². The van der Waals surface area contributed by atoms with E-state index in [2.05, 4.69) is 34.5 Å². The maximum Gasteiger partial charge on any atom is 0.149 e. The highest BCUT2D eigenvalue weighted by atomic mass is 15.0. The molecule has 0 radical (unpaired) electrons. The van der Waals surface area contributed by atoms with E-state index in [9.17, 15) is 0 Å². The first-order chi connectivity index (χ1) is 10.9. The molecule has 0 aliphatic carbocycles. The number of imidazole rings is 1. The molecule has 0 unspecified atom stereocenters. The van der Waals surface area contributed by atoms with Crippen LogP contribution in [0.25, 0.3) is 0 Å². The molecule has 0 saturated heterocycles. The molecular weight excluding hydrogens is 286 g/mol. The number of H-pyrrole nitrogens is 1. The second-order valence-electron chi connectivity index (χ2n) is 4.87. The number of hydrogen-bond donors (Lipinski definition) is 3. The summed E-state index contributed by atoms with van der Waals surface area (Å²) in [6.45, 7) is 12.9. The van der Waals surface area contributed by atoms with Crippen molar-refractivity contribution < 1.29 is 0 Å². The van der Waals surface area contributed by atoms with Crippen LogP contribution in [0.15, 0.2) is 42.0 Å². The molecule has 124 valence electrons. The first-order valence-electron chi connectivity index (χ1n) is 7.35. The van der Waals surface area contributed by atoms with E-state index in [1.165, 1.54) is 11.8 Å². The Hall–Kier alpha value is -2.69. The van der Waals surface area contributed by atoms with Gasteiger partial charge in [0.1, 0.15) is 17.4 Å². The van der Waals surface area contributed by atoms with Gasteiger partial charge in [0.25, 0.3) is 0 Å². The van der Waals surface area contributed by atoms with Gasteiger partial charge in [-0.05, 0) is 52.5 Å². The molecule has 1 heterocycles. The van der Waals surface area contributed by atoms with Crippen molar-refractivity contribution in [1.29, 1.82) is 5.41 Å². The van der Waals surface area contributed by atoms with Crippen LogP contribution < -0.4 is 5.73 Å². The molecule has 5 heteroatoms. The average molecular weight is 313 g/mol. The third-order valence-electron chi connectivity index (χ3n) is 2.57. The molecule has 0 fully saturated rings. The Morgan fingerprint density at radius 3 is 2.30 bits per heavy atom. The normalized spacial score (nSPS) is 9.87. The highest BCUT2D eigenvalue weighted by molar-refractivity contribution is 5.97. The van der Waals surface area contributed by atoms with Gasteiger partial charge in [-0.2, -0.15) is 0 Å². The zero-order valence-electron chi connectivity index (χ0n) is 14.6. The van der Waals surface area contributed by atoms with Crippen molar-refractivity contribution in [1.82, 2.24) is 9.97 Å². The van der Waals surface area contributed by atoms with Crippen LogP contribution in [0.5, 0.6) is 0 Å². The summed E-state index contributed by atoms with van der Waals surface area (Å²) in [5.41, 5.74) is 9.90. The Kier molecular flexibility index (Phi) is 9.67. The minimum atomic E-state index is 0.456. The molecule has 2 aromatic rings. The van der Waals surface area contributed by atoms with Crippen molar-refractivity contribution in [2.24, 2.45) is 10.7 Å². The first-order valence-corrected chi connectivity index (χ1v) is 7.35. The lowest BCUT2D eigenvalue weighted by Crippen LogP contribution is -2.13. The highest BCUT2D eigenvalue weighted by Gasteiger charge is 2.03. The number of nitrogens with one attached hydrogen (secondary N) is 2. The smallest absolute Gasteiger partial charge is 0.149 e. The standard InChI is InChI=1S/C13H16N4.C3H6.C2H5N/c1-8-4-5-11(9(2)6-8)17-13(14)12-7-15-10(3)16-12;1-3-2;1-2-3/h4-7H,1-3H3,(H2,14,17)(H,15,16);3H,1H2,2H3;2-3H,1H3. The quantitative estimate of drug-likeness (QED) is 0.440. The van der Waals surface area contributed by atoms with E-state index in [4.69, 9.17) is 11.1 Å². The summed E-state index contributed by atoms with van der Waals surface area (Å²) in [4.78, 5) is 11.6. The van der Waals surface area contributed by atoms with E-state index in [1.54, 1.807) is 19.2 Å². The minimum absolute atomic E-state index is 0.456. The Morgan fingerprint density at radius 1 is 1.30 bits per heavy atom. The number of aromatic nitrogens is 2. The van der Waals surface area contributed by atoms with Gasteiger partial charge in [-0.15, -0.1) is 6.58 Å². The van der Waals surface area contributed by atoms with E-state index in [0.29, 0.717) is 5.84 Å². The topological polar surface area (TPSA) is 90.9 Å². The van der Waals surface area contributed by atoms with Gasteiger partial charge in [-0.3, -0.25) is 0 Å². The van der Waals surface area contributed by atoms with Gasteiger partial charge >= 0.3 is 0 Å². The van der Waals surface area contributed by atoms with E-state index in [0.717, 1.165) is 22.8 Å². The minimum Gasteiger partial charge on any atom is -0.382 e. The van der Waals surface area contributed by atoms with Crippen molar-refractivity contribution in [3.05, 3.63) is 59.7 Å². The lowest BCUT2D eigenvalue weighted by atomic mass is 10.1. The number of aryl methyl sites for hydroxylation is 3. The van der Waals surface area contributed by atoms with Crippen LogP contribution in [0, 0.1) is 26.2 Å². The average Bonchev–Trinajstić information content (AvgIpc) is 2.90. The number of benzene rings is 1. The maximum absolute atomic E-state index is 6.08. The van der Waals surface area contributed by atoms with Crippen LogP contribution in [0.1, 0.15) is 36.5 Å². The van der Waals surface area contributed by atoms with E-state index < -0.39 is 0 Å². The monoisotopic (exact) mass is 313 g/mol. The van der Waals surface area contributed by atoms with Crippen LogP contribution in [-0.2, 0) is 0 Å². The molecule has 0 atom stereocenters. The molecule has 5 nitrogen and oxygen atoms in total. The number of aliphatic imine (C=N–C) groups is 1. The molecule has 0 spiro atoms. The van der Waals surface area contributed by atoms with Gasteiger partial charge in [-0.25, -0.2) is 9.98 Å². The molecule has 23 heavy (non-hydrogen) atoms. The van der Waals surface area contributed by atoms with E-state index >= 15 is 0 Å². The van der Waals surface area contributed by atoms with Crippen LogP contribution in [0.2, 0.25) is 0 Å². The van der Waals surface area contributed by atoms with Gasteiger partial charge in [0, 0.05) is 0 Å². The van der Waals surface area contributed by atoms with Crippen molar-refractivity contribution in [3.63, 3.8) is 0 Å². The number of amidine groups is 1. The molecule has 0 bridgehead atoms. The molecule has 2 rings (SSSR count). The second-order valence-corrected chi connectivity index (χ2v) is 4.87. The highest BCUT2D eigenvalue weighted by Crippen LogP contribution is 2.19. The molecule has 4 N–H and O–H groups in total. The summed E-state index contributed by atoms with van der Waals surface area (Å²) in [7, 11) is 0. The van der Waals surface area contributed by atoms with Gasteiger partial charge in [-0.1, -0.05) is 23.8 Å². The lowest BCUT2D eigenvalue weighted by molar-refractivity contribution is 1.14. The van der Waals surface area contributed by atoms with E-state index in [-0.39, 0.29) is 0 Å². The predicted molar refractivity (Wildman–Crippen MR) is 100.0 cm³/mol. The molecule has 0 saturated carbocycles. The summed E-state index contributed by atoms with van der Waals surface area (Å²) < 4.78 is 0. The third kappa shape index (κ3) is 7.76. The molecular formula is C18H27N5. The Morgan fingerprint density at radius 2 is 1.87 bits per heavy atom. The molecule has 0 aliphatic heterocycles. The first kappa shape index (κ1) is 20.3. The zero-order valence-corrected chi connectivity index (χ0v) is 14.6. The van der Waals surface area contributed by atoms with Crippen molar-refractivity contribution >= 4 is 17.7 Å². The van der Waals surface area contributed by atoms with Crippen molar-refractivity contribution in [3.8, 4) is 0 Å². The van der Waals surface area contributed by atoms with Crippen LogP contribution in [-0.4, -0.2) is 22.0 Å². The number of allylic oxidation sites excluding steroid dienone is 1. The Bertz CT molecular complexity index is 647. The third-order valence-corrected chi connectivity index (χ3v) is 2.57. The second kappa shape index (κ2) is 11.0. The van der Waals surface area contributed by atoms with Gasteiger partial charge in [0.15, 0.2) is 0 Å². The van der Waals surface area contributed by atoms with E-state index in [1.807, 2.05) is 32.9 Å². The number of nitrogens with two attached hydrogens (primary N) is 1. The maximum atomic E-state index is 6.08. The molecule has 0 amide bonds. The van der Waals surface area contributed by atoms with Gasteiger partial charge < -0.3 is 16.1 Å². The molecule has 1 aromatic carbocycles. The summed E-state index contributed by atoms with van der Waals surface area (Å²) in [6, 6.07) is 6.09. The van der Waals surface area contributed by atoms with Gasteiger partial charge in [0.2, 0.25) is 0 Å². The van der Waals surface area contributed by atoms with Gasteiger partial charge in [0.05, 0.1) is 11.9 Å². The Balaban J connectivity index is 0.000000704. The number of aromatic amines is 1. The largest absolute Gasteiger partial charge is 0.382 e. The SMILES string of the molecule is C=CC.CC=N.Cc1ccc(N=C(N)c2cnc(C)[nH]2)c(C)c1. The fourth-order valence-electron chi connectivity index (χ4n) is 1.67. The summed E-state index contributed by atoms with van der Waals surface area (Å²) in [5, 5.41) is 6.08. The van der Waals surface area contributed by atoms with Crippen LogP contribution in [0.3, 0.4) is 0 Å². The molecule has 1 aromatic heterocycles. The predicted octanol–water partition coefficient (Wildman–Crippen LogP) is 4.22. The lowest BCUT2D eigenvalue weighted by Gasteiger charge is -2.03. The number of rotatable bonds is 2. The van der Waals surface area contributed by atoms with Crippen LogP contribution >= 0.6 is 0 Å². The summed E-state index contributed by atoms with van der Waals surface area (Å²) in [6.07, 6.45) is 4.69. The van der Waals surface area contributed by atoms with Crippen molar-refractivity contribution in [2.45, 2.75) is 34.6 Å².